The largest absolute Gasteiger partial charge is 0.396 e. The molecule has 4 heteroatoms. The van der Waals surface area contributed by atoms with Gasteiger partial charge in [-0.25, -0.2) is 0 Å². The zero-order valence-corrected chi connectivity index (χ0v) is 17.6. The molecule has 1 N–H and O–H groups in total. The third-order valence-electron chi connectivity index (χ3n) is 6.61. The number of hydrogen-bond donors (Lipinski definition) is 1. The van der Waals surface area contributed by atoms with Crippen molar-refractivity contribution in [3.8, 4) is 0 Å². The molecular formula is C23H39N3O. The molecule has 152 valence electrons. The van der Waals surface area contributed by atoms with Crippen LogP contribution in [0.4, 0.5) is 0 Å². The quantitative estimate of drug-likeness (QED) is 0.796. The summed E-state index contributed by atoms with van der Waals surface area (Å²) in [7, 11) is 0. The van der Waals surface area contributed by atoms with E-state index >= 15 is 0 Å². The van der Waals surface area contributed by atoms with Crippen LogP contribution in [-0.4, -0.2) is 77.3 Å². The van der Waals surface area contributed by atoms with E-state index in [0.29, 0.717) is 24.7 Å². The number of aliphatic hydroxyl groups excluding tert-OH is 1. The Balaban J connectivity index is 1.56. The summed E-state index contributed by atoms with van der Waals surface area (Å²) in [5, 5.41) is 9.63. The Morgan fingerprint density at radius 2 is 1.67 bits per heavy atom. The summed E-state index contributed by atoms with van der Waals surface area (Å²) >= 11 is 0. The van der Waals surface area contributed by atoms with Crippen molar-refractivity contribution in [3.63, 3.8) is 0 Å². The van der Waals surface area contributed by atoms with E-state index in [1.807, 2.05) is 0 Å². The predicted molar refractivity (Wildman–Crippen MR) is 113 cm³/mol. The molecule has 0 unspecified atom stereocenters. The summed E-state index contributed by atoms with van der Waals surface area (Å²) in [5.74, 6) is 0. The lowest BCUT2D eigenvalue weighted by atomic mass is 9.97. The van der Waals surface area contributed by atoms with Crippen LogP contribution < -0.4 is 0 Å². The fraction of sp³-hybridized carbons (Fsp3) is 0.739. The van der Waals surface area contributed by atoms with Crippen molar-refractivity contribution in [1.29, 1.82) is 0 Å². The normalized spacial score (nSPS) is 24.0. The van der Waals surface area contributed by atoms with E-state index in [9.17, 15) is 5.11 Å². The van der Waals surface area contributed by atoms with Crippen LogP contribution in [0.15, 0.2) is 24.3 Å². The number of nitrogens with zero attached hydrogens (tertiary/aromatic N) is 3. The van der Waals surface area contributed by atoms with E-state index in [1.165, 1.54) is 37.1 Å². The minimum Gasteiger partial charge on any atom is -0.396 e. The fourth-order valence-corrected chi connectivity index (χ4v) is 4.84. The zero-order chi connectivity index (χ0) is 19.2. The van der Waals surface area contributed by atoms with E-state index in [-0.39, 0.29) is 0 Å². The summed E-state index contributed by atoms with van der Waals surface area (Å²) in [6.07, 6.45) is 4.56. The van der Waals surface area contributed by atoms with Crippen molar-refractivity contribution in [1.82, 2.24) is 14.7 Å². The van der Waals surface area contributed by atoms with Crippen molar-refractivity contribution >= 4 is 0 Å². The SMILES string of the molecule is CCc1ccc(CN2CCN(C3CCN(C(C)C)CC3)[C@@H](CCO)C2)cc1. The maximum Gasteiger partial charge on any atom is 0.0446 e. The van der Waals surface area contributed by atoms with E-state index < -0.39 is 0 Å². The van der Waals surface area contributed by atoms with Crippen molar-refractivity contribution < 1.29 is 5.11 Å². The molecule has 27 heavy (non-hydrogen) atoms. The van der Waals surface area contributed by atoms with Gasteiger partial charge in [-0.1, -0.05) is 31.2 Å². The molecular weight excluding hydrogens is 334 g/mol. The molecule has 2 fully saturated rings. The first-order chi connectivity index (χ1) is 13.1. The molecule has 0 radical (unpaired) electrons. The third-order valence-corrected chi connectivity index (χ3v) is 6.61. The zero-order valence-electron chi connectivity index (χ0n) is 17.6. The van der Waals surface area contributed by atoms with Gasteiger partial charge in [0.25, 0.3) is 0 Å². The van der Waals surface area contributed by atoms with Gasteiger partial charge in [-0.3, -0.25) is 9.80 Å². The van der Waals surface area contributed by atoms with Crippen molar-refractivity contribution in [3.05, 3.63) is 35.4 Å². The Bertz CT molecular complexity index is 551. The van der Waals surface area contributed by atoms with Crippen molar-refractivity contribution in [2.75, 3.05) is 39.3 Å². The Labute approximate surface area is 166 Å². The Hall–Kier alpha value is -0.940. The van der Waals surface area contributed by atoms with Crippen LogP contribution in [0.2, 0.25) is 0 Å². The summed E-state index contributed by atoms with van der Waals surface area (Å²) in [4.78, 5) is 7.92. The van der Waals surface area contributed by atoms with Gasteiger partial charge in [0.2, 0.25) is 0 Å². The first kappa shape index (κ1) is 20.8. The second-order valence-corrected chi connectivity index (χ2v) is 8.67. The topological polar surface area (TPSA) is 30.0 Å². The Kier molecular flexibility index (Phi) is 7.71. The summed E-state index contributed by atoms with van der Waals surface area (Å²) in [5.41, 5.74) is 2.82. The average Bonchev–Trinajstić information content (AvgIpc) is 2.69. The summed E-state index contributed by atoms with van der Waals surface area (Å²) in [6.45, 7) is 14.0. The van der Waals surface area contributed by atoms with Crippen LogP contribution in [0, 0.1) is 0 Å². The van der Waals surface area contributed by atoms with Crippen LogP contribution in [0.5, 0.6) is 0 Å². The molecule has 1 atom stereocenters. The highest BCUT2D eigenvalue weighted by Crippen LogP contribution is 2.25. The predicted octanol–water partition coefficient (Wildman–Crippen LogP) is 2.99. The van der Waals surface area contributed by atoms with Gasteiger partial charge in [-0.15, -0.1) is 0 Å². The molecule has 0 saturated carbocycles. The number of rotatable bonds is 7. The number of piperazine rings is 1. The lowest BCUT2D eigenvalue weighted by Crippen LogP contribution is -2.58. The van der Waals surface area contributed by atoms with Crippen molar-refractivity contribution in [2.24, 2.45) is 0 Å². The van der Waals surface area contributed by atoms with Gasteiger partial charge in [0.05, 0.1) is 0 Å². The van der Waals surface area contributed by atoms with E-state index in [2.05, 4.69) is 59.7 Å². The highest BCUT2D eigenvalue weighted by molar-refractivity contribution is 5.22. The molecule has 2 heterocycles. The lowest BCUT2D eigenvalue weighted by Gasteiger charge is -2.48. The standard InChI is InChI=1S/C23H39N3O/c1-4-20-5-7-21(8-6-20)17-24-14-15-26(23(18-24)11-16-27)22-9-12-25(13-10-22)19(2)3/h5-8,19,22-23,27H,4,9-18H2,1-3H3/t23-/m0/s1. The fourth-order valence-electron chi connectivity index (χ4n) is 4.84. The second-order valence-electron chi connectivity index (χ2n) is 8.67. The number of piperidine rings is 1. The van der Waals surface area contributed by atoms with Gasteiger partial charge < -0.3 is 10.0 Å². The first-order valence-corrected chi connectivity index (χ1v) is 11.0. The number of benzene rings is 1. The third kappa shape index (κ3) is 5.54. The smallest absolute Gasteiger partial charge is 0.0446 e. The van der Waals surface area contributed by atoms with Crippen LogP contribution in [0.3, 0.4) is 0 Å². The Morgan fingerprint density at radius 1 is 1.00 bits per heavy atom. The molecule has 0 aliphatic carbocycles. The second kappa shape index (κ2) is 10.0. The number of aliphatic hydroxyl groups is 1. The highest BCUT2D eigenvalue weighted by atomic mass is 16.3. The van der Waals surface area contributed by atoms with Crippen LogP contribution >= 0.6 is 0 Å². The first-order valence-electron chi connectivity index (χ1n) is 11.0. The van der Waals surface area contributed by atoms with Crippen LogP contribution in [0.25, 0.3) is 0 Å². The van der Waals surface area contributed by atoms with E-state index in [0.717, 1.165) is 39.0 Å². The van der Waals surface area contributed by atoms with Crippen LogP contribution in [0.1, 0.15) is 51.2 Å². The van der Waals surface area contributed by atoms with Gasteiger partial charge >= 0.3 is 0 Å². The maximum atomic E-state index is 9.63. The van der Waals surface area contributed by atoms with Gasteiger partial charge in [0, 0.05) is 50.9 Å². The number of aryl methyl sites for hydroxylation is 1. The van der Waals surface area contributed by atoms with Gasteiger partial charge in [-0.05, 0) is 63.7 Å². The molecule has 2 saturated heterocycles. The van der Waals surface area contributed by atoms with Crippen LogP contribution in [-0.2, 0) is 13.0 Å². The average molecular weight is 374 g/mol. The summed E-state index contributed by atoms with van der Waals surface area (Å²) in [6, 6.07) is 11.0. The molecule has 0 aromatic heterocycles. The number of likely N-dealkylation sites (tertiary alicyclic amines) is 1. The molecule has 1 aromatic carbocycles. The van der Waals surface area contributed by atoms with Gasteiger partial charge in [0.15, 0.2) is 0 Å². The lowest BCUT2D eigenvalue weighted by molar-refractivity contribution is -0.0000301. The monoisotopic (exact) mass is 373 g/mol. The highest BCUT2D eigenvalue weighted by Gasteiger charge is 2.33. The minimum absolute atomic E-state index is 0.297. The van der Waals surface area contributed by atoms with Gasteiger partial charge in [0.1, 0.15) is 0 Å². The maximum absolute atomic E-state index is 9.63. The minimum atomic E-state index is 0.297. The summed E-state index contributed by atoms with van der Waals surface area (Å²) < 4.78 is 0. The molecule has 4 nitrogen and oxygen atoms in total. The Morgan fingerprint density at radius 3 is 2.26 bits per heavy atom. The van der Waals surface area contributed by atoms with Crippen molar-refractivity contribution in [2.45, 2.75) is 71.1 Å². The van der Waals surface area contributed by atoms with E-state index in [1.54, 1.807) is 0 Å². The molecule has 1 aromatic rings. The molecule has 0 spiro atoms. The number of hydrogen-bond acceptors (Lipinski definition) is 4. The van der Waals surface area contributed by atoms with E-state index in [4.69, 9.17) is 0 Å². The molecule has 2 aliphatic rings. The molecule has 0 amide bonds. The molecule has 3 rings (SSSR count). The molecule has 0 bridgehead atoms. The molecule has 2 aliphatic heterocycles. The van der Waals surface area contributed by atoms with Gasteiger partial charge in [-0.2, -0.15) is 0 Å².